The molecule has 3 heterocycles. The second-order valence-electron chi connectivity index (χ2n) is 9.39. The number of rotatable bonds is 6. The molecule has 3 aromatic rings. The zero-order valence-electron chi connectivity index (χ0n) is 21.1. The largest absolute Gasteiger partial charge is 0.497 e. The third kappa shape index (κ3) is 4.94. The Bertz CT molecular complexity index is 1240. The molecule has 1 saturated heterocycles. The van der Waals surface area contributed by atoms with E-state index in [0.717, 1.165) is 37.2 Å². The van der Waals surface area contributed by atoms with Crippen molar-refractivity contribution in [3.05, 3.63) is 65.4 Å². The number of hydrogen-bond donors (Lipinski definition) is 0. The van der Waals surface area contributed by atoms with Crippen LogP contribution in [0.15, 0.2) is 48.5 Å². The highest BCUT2D eigenvalue weighted by molar-refractivity contribution is 5.94. The molecule has 8 heteroatoms. The molecule has 188 valence electrons. The quantitative estimate of drug-likeness (QED) is 0.497. The van der Waals surface area contributed by atoms with E-state index in [9.17, 15) is 4.79 Å². The van der Waals surface area contributed by atoms with Crippen LogP contribution in [0.5, 0.6) is 23.1 Å². The number of para-hydroxylation sites is 2. The van der Waals surface area contributed by atoms with Crippen molar-refractivity contribution < 1.29 is 19.0 Å². The van der Waals surface area contributed by atoms with Crippen LogP contribution in [0.1, 0.15) is 41.4 Å². The van der Waals surface area contributed by atoms with Crippen LogP contribution in [0.4, 0.5) is 5.95 Å². The summed E-state index contributed by atoms with van der Waals surface area (Å²) in [6.45, 7) is 5.08. The lowest BCUT2D eigenvalue weighted by Crippen LogP contribution is -2.38. The van der Waals surface area contributed by atoms with Crippen LogP contribution in [0.2, 0.25) is 0 Å². The minimum Gasteiger partial charge on any atom is -0.497 e. The predicted octanol–water partition coefficient (Wildman–Crippen LogP) is 4.72. The predicted molar refractivity (Wildman–Crippen MR) is 137 cm³/mol. The number of nitrogens with zero attached hydrogens (tertiary/aromatic N) is 4. The molecule has 1 fully saturated rings. The number of hydrogen-bond acceptors (Lipinski definition) is 7. The van der Waals surface area contributed by atoms with Gasteiger partial charge in [-0.25, -0.2) is 4.98 Å². The molecule has 2 aromatic carbocycles. The molecule has 1 amide bonds. The zero-order chi connectivity index (χ0) is 25.1. The summed E-state index contributed by atoms with van der Waals surface area (Å²) in [5, 5.41) is 0. The number of methoxy groups -OCH3 is 2. The zero-order valence-corrected chi connectivity index (χ0v) is 21.1. The van der Waals surface area contributed by atoms with Gasteiger partial charge in [-0.05, 0) is 49.1 Å². The third-order valence-electron chi connectivity index (χ3n) is 6.96. The summed E-state index contributed by atoms with van der Waals surface area (Å²) in [6.07, 6.45) is 2.87. The summed E-state index contributed by atoms with van der Waals surface area (Å²) in [5.41, 5.74) is 2.35. The Labute approximate surface area is 211 Å². The van der Waals surface area contributed by atoms with Crippen LogP contribution >= 0.6 is 0 Å². The van der Waals surface area contributed by atoms with E-state index in [2.05, 4.69) is 11.8 Å². The van der Waals surface area contributed by atoms with Crippen molar-refractivity contribution in [3.8, 4) is 23.1 Å². The number of amides is 1. The average molecular weight is 489 g/mol. The van der Waals surface area contributed by atoms with Crippen LogP contribution in [0, 0.1) is 5.92 Å². The number of benzene rings is 2. The minimum atomic E-state index is -0.0584. The lowest BCUT2D eigenvalue weighted by Gasteiger charge is -2.33. The number of piperidine rings is 1. The van der Waals surface area contributed by atoms with Gasteiger partial charge < -0.3 is 24.0 Å². The van der Waals surface area contributed by atoms with Gasteiger partial charge in [0.2, 0.25) is 11.8 Å². The first kappa shape index (κ1) is 23.9. The molecule has 0 bridgehead atoms. The first-order valence-corrected chi connectivity index (χ1v) is 12.4. The van der Waals surface area contributed by atoms with Gasteiger partial charge in [-0.15, -0.1) is 0 Å². The number of carbonyl (C=O) groups is 1. The molecule has 0 spiro atoms. The van der Waals surface area contributed by atoms with E-state index in [0.29, 0.717) is 60.1 Å². The summed E-state index contributed by atoms with van der Waals surface area (Å²) < 4.78 is 17.2. The topological polar surface area (TPSA) is 77.0 Å². The van der Waals surface area contributed by atoms with E-state index in [1.807, 2.05) is 47.4 Å². The third-order valence-corrected chi connectivity index (χ3v) is 6.96. The van der Waals surface area contributed by atoms with Gasteiger partial charge in [-0.1, -0.05) is 25.1 Å². The lowest BCUT2D eigenvalue weighted by atomic mass is 9.99. The molecule has 2 aliphatic rings. The summed E-state index contributed by atoms with van der Waals surface area (Å²) >= 11 is 0. The maximum Gasteiger partial charge on any atom is 0.254 e. The van der Waals surface area contributed by atoms with Gasteiger partial charge in [0.05, 0.1) is 32.0 Å². The van der Waals surface area contributed by atoms with Gasteiger partial charge in [-0.3, -0.25) is 4.79 Å². The van der Waals surface area contributed by atoms with Gasteiger partial charge in [0.25, 0.3) is 5.91 Å². The normalized spacial score (nSPS) is 15.9. The molecular formula is C28H32N4O4. The second kappa shape index (κ2) is 10.4. The summed E-state index contributed by atoms with van der Waals surface area (Å²) in [4.78, 5) is 27.2. The van der Waals surface area contributed by atoms with Gasteiger partial charge in [0.15, 0.2) is 11.5 Å². The van der Waals surface area contributed by atoms with E-state index in [-0.39, 0.29) is 5.91 Å². The molecule has 0 unspecified atom stereocenters. The summed E-state index contributed by atoms with van der Waals surface area (Å²) in [7, 11) is 3.21. The van der Waals surface area contributed by atoms with E-state index in [4.69, 9.17) is 24.2 Å². The van der Waals surface area contributed by atoms with Crippen LogP contribution < -0.4 is 19.1 Å². The Kier molecular flexibility index (Phi) is 6.93. The fourth-order valence-electron chi connectivity index (χ4n) is 4.73. The molecule has 8 nitrogen and oxygen atoms in total. The molecule has 0 saturated carbocycles. The van der Waals surface area contributed by atoms with Crippen molar-refractivity contribution in [3.63, 3.8) is 0 Å². The molecule has 0 atom stereocenters. The van der Waals surface area contributed by atoms with Crippen LogP contribution in [-0.2, 0) is 13.0 Å². The number of ether oxygens (including phenoxy) is 3. The Morgan fingerprint density at radius 1 is 0.944 bits per heavy atom. The smallest absolute Gasteiger partial charge is 0.254 e. The highest BCUT2D eigenvalue weighted by Crippen LogP contribution is 2.36. The Hall–Kier alpha value is -3.81. The number of fused-ring (bicyclic) bond motifs is 1. The fraction of sp³-hybridized carbons (Fsp3) is 0.393. The van der Waals surface area contributed by atoms with E-state index >= 15 is 0 Å². The Morgan fingerprint density at radius 3 is 2.47 bits per heavy atom. The highest BCUT2D eigenvalue weighted by atomic mass is 16.5. The summed E-state index contributed by atoms with van der Waals surface area (Å²) in [5.74, 6) is 3.67. The number of aromatic nitrogens is 2. The van der Waals surface area contributed by atoms with Crippen molar-refractivity contribution in [2.24, 2.45) is 5.92 Å². The van der Waals surface area contributed by atoms with Gasteiger partial charge in [-0.2, -0.15) is 4.98 Å². The van der Waals surface area contributed by atoms with Gasteiger partial charge in [0, 0.05) is 31.6 Å². The first-order chi connectivity index (χ1) is 17.6. The average Bonchev–Trinajstić information content (AvgIpc) is 2.93. The lowest BCUT2D eigenvalue weighted by molar-refractivity contribution is 0.0731. The number of anilines is 1. The van der Waals surface area contributed by atoms with Crippen molar-refractivity contribution in [1.82, 2.24) is 14.9 Å². The van der Waals surface area contributed by atoms with Gasteiger partial charge in [0.1, 0.15) is 5.75 Å². The van der Waals surface area contributed by atoms with Crippen molar-refractivity contribution >= 4 is 11.9 Å². The molecule has 0 aliphatic carbocycles. The molecule has 0 N–H and O–H groups in total. The Balaban J connectivity index is 1.49. The fourth-order valence-corrected chi connectivity index (χ4v) is 4.73. The standard InChI is InChI=1S/C28H32N4O4/c1-19-11-14-31(15-12-19)28-29-23-13-16-32(27(33)20-7-6-8-21(17-20)34-2)18-22(23)26(30-28)36-25-10-5-4-9-24(25)35-3/h4-10,17,19H,11-16,18H2,1-3H3. The number of carbonyl (C=O) groups excluding carboxylic acids is 1. The van der Waals surface area contributed by atoms with Crippen molar-refractivity contribution in [2.45, 2.75) is 32.7 Å². The van der Waals surface area contributed by atoms with Crippen molar-refractivity contribution in [1.29, 1.82) is 0 Å². The molecule has 0 radical (unpaired) electrons. The monoisotopic (exact) mass is 488 g/mol. The SMILES string of the molecule is COc1cccc(C(=O)N2CCc3nc(N4CCC(C)CC4)nc(Oc4ccccc4OC)c3C2)c1. The van der Waals surface area contributed by atoms with Crippen LogP contribution in [-0.4, -0.2) is 54.6 Å². The molecule has 5 rings (SSSR count). The van der Waals surface area contributed by atoms with Crippen LogP contribution in [0.3, 0.4) is 0 Å². The molecular weight excluding hydrogens is 456 g/mol. The Morgan fingerprint density at radius 2 is 1.72 bits per heavy atom. The van der Waals surface area contributed by atoms with E-state index in [1.165, 1.54) is 0 Å². The van der Waals surface area contributed by atoms with Crippen molar-refractivity contribution in [2.75, 3.05) is 38.8 Å². The van der Waals surface area contributed by atoms with Crippen LogP contribution in [0.25, 0.3) is 0 Å². The molecule has 36 heavy (non-hydrogen) atoms. The maximum atomic E-state index is 13.4. The summed E-state index contributed by atoms with van der Waals surface area (Å²) in [6, 6.07) is 14.7. The van der Waals surface area contributed by atoms with Gasteiger partial charge >= 0.3 is 0 Å². The highest BCUT2D eigenvalue weighted by Gasteiger charge is 2.29. The minimum absolute atomic E-state index is 0.0584. The van der Waals surface area contributed by atoms with E-state index in [1.54, 1.807) is 20.3 Å². The molecule has 2 aliphatic heterocycles. The van der Waals surface area contributed by atoms with E-state index < -0.39 is 0 Å². The maximum absolute atomic E-state index is 13.4. The molecule has 1 aromatic heterocycles. The first-order valence-electron chi connectivity index (χ1n) is 12.4. The second-order valence-corrected chi connectivity index (χ2v) is 9.39.